The highest BCUT2D eigenvalue weighted by Crippen LogP contribution is 2.07. The van der Waals surface area contributed by atoms with Gasteiger partial charge in [-0.05, 0) is 0 Å². The minimum atomic E-state index is -0.0659. The minimum Gasteiger partial charge on any atom is -0.480 e. The summed E-state index contributed by atoms with van der Waals surface area (Å²) in [5, 5.41) is 24.0. The largest absolute Gasteiger partial charge is 0.480 e. The molecule has 6 heteroatoms. The lowest BCUT2D eigenvalue weighted by Gasteiger charge is -1.96. The van der Waals surface area contributed by atoms with Crippen molar-refractivity contribution in [2.45, 2.75) is 0 Å². The van der Waals surface area contributed by atoms with Crippen LogP contribution in [-0.2, 0) is 0 Å². The normalized spacial score (nSPS) is 8.23. The number of ether oxygens (including phenoxy) is 1. The number of hydrogen-bond acceptors (Lipinski definition) is 5. The summed E-state index contributed by atoms with van der Waals surface area (Å²) < 4.78 is 6.06. The van der Waals surface area contributed by atoms with Crippen LogP contribution in [0.4, 0.5) is 0 Å². The van der Waals surface area contributed by atoms with Gasteiger partial charge in [-0.25, -0.2) is 0 Å². The third-order valence-electron chi connectivity index (χ3n) is 1.24. The lowest BCUT2D eigenvalue weighted by molar-refractivity contribution is 0.386. The molecule has 0 fully saturated rings. The molecule has 0 radical (unpaired) electrons. The Morgan fingerprint density at radius 3 is 2.85 bits per heavy atom. The number of nitrogens with zero attached hydrogens (tertiary/aromatic N) is 5. The number of allylic oxidation sites excluding steroid dienone is 1. The fourth-order valence-electron chi connectivity index (χ4n) is 0.675. The van der Waals surface area contributed by atoms with Crippen LogP contribution in [0.2, 0.25) is 0 Å². The van der Waals surface area contributed by atoms with Crippen molar-refractivity contribution in [3.63, 3.8) is 0 Å². The van der Waals surface area contributed by atoms with Crippen LogP contribution in [0.15, 0.2) is 11.8 Å². The second kappa shape index (κ2) is 3.88. The van der Waals surface area contributed by atoms with Gasteiger partial charge in [0.1, 0.15) is 23.9 Å². The Balaban J connectivity index is 3.05. The zero-order valence-corrected chi connectivity index (χ0v) is 6.80. The average molecular weight is 175 g/mol. The van der Waals surface area contributed by atoms with Crippen LogP contribution in [0.3, 0.4) is 0 Å². The van der Waals surface area contributed by atoms with Crippen molar-refractivity contribution in [3.05, 3.63) is 11.8 Å². The lowest BCUT2D eigenvalue weighted by atomic mass is 10.4. The highest BCUT2D eigenvalue weighted by molar-refractivity contribution is 5.49. The molecule has 0 atom stereocenters. The van der Waals surface area contributed by atoms with Crippen LogP contribution >= 0.6 is 0 Å². The van der Waals surface area contributed by atoms with Gasteiger partial charge in [0, 0.05) is 0 Å². The molecule has 1 aromatic heterocycles. The maximum absolute atomic E-state index is 8.45. The average Bonchev–Trinajstić information content (AvgIpc) is 2.61. The minimum absolute atomic E-state index is 0.0659. The molecule has 0 aliphatic heterocycles. The highest BCUT2D eigenvalue weighted by Gasteiger charge is 2.01. The topological polar surface area (TPSA) is 87.5 Å². The molecule has 0 aliphatic rings. The van der Waals surface area contributed by atoms with E-state index in [0.717, 1.165) is 0 Å². The Kier molecular flexibility index (Phi) is 2.61. The Hall–Kier alpha value is -2.34. The van der Waals surface area contributed by atoms with Crippen molar-refractivity contribution in [1.29, 1.82) is 10.5 Å². The van der Waals surface area contributed by atoms with Gasteiger partial charge in [0.05, 0.1) is 13.3 Å². The van der Waals surface area contributed by atoms with E-state index in [9.17, 15) is 0 Å². The van der Waals surface area contributed by atoms with Gasteiger partial charge < -0.3 is 4.74 Å². The second-order valence-corrected chi connectivity index (χ2v) is 1.99. The fraction of sp³-hybridized carbons (Fsp3) is 0.143. The third kappa shape index (κ3) is 1.82. The summed E-state index contributed by atoms with van der Waals surface area (Å²) in [6, 6.07) is 3.39. The van der Waals surface area contributed by atoms with Gasteiger partial charge in [-0.2, -0.15) is 15.2 Å². The first-order chi connectivity index (χ1) is 6.31. The predicted octanol–water partition coefficient (Wildman–Crippen LogP) is 0.175. The Bertz CT molecular complexity index is 389. The molecule has 6 nitrogen and oxygen atoms in total. The molecule has 0 spiro atoms. The van der Waals surface area contributed by atoms with Gasteiger partial charge in [-0.3, -0.25) is 0 Å². The number of nitriles is 2. The molecule has 0 aliphatic carbocycles. The van der Waals surface area contributed by atoms with Gasteiger partial charge in [0.25, 0.3) is 0 Å². The molecular formula is C7H5N5O. The summed E-state index contributed by atoms with van der Waals surface area (Å²) >= 11 is 0. The van der Waals surface area contributed by atoms with Crippen LogP contribution in [0.1, 0.15) is 0 Å². The summed E-state index contributed by atoms with van der Waals surface area (Å²) in [7, 11) is 1.45. The highest BCUT2D eigenvalue weighted by atomic mass is 16.5. The number of methoxy groups -OCH3 is 1. The van der Waals surface area contributed by atoms with Crippen LogP contribution in [0.5, 0.6) is 5.88 Å². The van der Waals surface area contributed by atoms with E-state index in [0.29, 0.717) is 5.88 Å². The maximum Gasteiger partial charge on any atom is 0.236 e. The van der Waals surface area contributed by atoms with Crippen molar-refractivity contribution in [1.82, 2.24) is 15.0 Å². The number of hydrogen-bond donors (Lipinski definition) is 0. The van der Waals surface area contributed by atoms with E-state index in [4.69, 9.17) is 15.3 Å². The molecule has 0 amide bonds. The van der Waals surface area contributed by atoms with Gasteiger partial charge in [-0.1, -0.05) is 5.21 Å². The number of aromatic nitrogens is 3. The third-order valence-corrected chi connectivity index (χ3v) is 1.24. The van der Waals surface area contributed by atoms with E-state index >= 15 is 0 Å². The van der Waals surface area contributed by atoms with E-state index in [2.05, 4.69) is 10.3 Å². The van der Waals surface area contributed by atoms with E-state index < -0.39 is 0 Å². The summed E-state index contributed by atoms with van der Waals surface area (Å²) in [4.78, 5) is 0. The van der Waals surface area contributed by atoms with Gasteiger partial charge in [0.2, 0.25) is 5.88 Å². The molecule has 1 heterocycles. The lowest BCUT2D eigenvalue weighted by Crippen LogP contribution is -1.95. The van der Waals surface area contributed by atoms with Crippen LogP contribution in [0.25, 0.3) is 6.20 Å². The van der Waals surface area contributed by atoms with Crippen LogP contribution in [0, 0.1) is 22.7 Å². The second-order valence-electron chi connectivity index (χ2n) is 1.99. The maximum atomic E-state index is 8.45. The van der Waals surface area contributed by atoms with Crippen LogP contribution in [-0.4, -0.2) is 22.1 Å². The number of rotatable bonds is 2. The van der Waals surface area contributed by atoms with Crippen LogP contribution < -0.4 is 4.74 Å². The van der Waals surface area contributed by atoms with Gasteiger partial charge >= 0.3 is 0 Å². The van der Waals surface area contributed by atoms with Crippen molar-refractivity contribution in [2.24, 2.45) is 0 Å². The summed E-state index contributed by atoms with van der Waals surface area (Å²) in [6.07, 6.45) is 2.62. The molecular weight excluding hydrogens is 170 g/mol. The molecule has 0 aromatic carbocycles. The van der Waals surface area contributed by atoms with Crippen molar-refractivity contribution in [3.8, 4) is 18.0 Å². The summed E-state index contributed by atoms with van der Waals surface area (Å²) in [5.41, 5.74) is -0.0659. The monoisotopic (exact) mass is 175 g/mol. The Morgan fingerprint density at radius 1 is 1.62 bits per heavy atom. The standard InChI is InChI=1S/C7H5N5O/c1-13-7-4-10-11-12(7)5-6(2-8)3-9/h4-5H,1H3. The first kappa shape index (κ1) is 8.75. The zero-order valence-electron chi connectivity index (χ0n) is 6.80. The molecule has 0 saturated heterocycles. The van der Waals surface area contributed by atoms with Gasteiger partial charge in [-0.15, -0.1) is 5.10 Å². The molecule has 0 unspecified atom stereocenters. The quantitative estimate of drug-likeness (QED) is 0.598. The van der Waals surface area contributed by atoms with Crippen molar-refractivity contribution in [2.75, 3.05) is 7.11 Å². The van der Waals surface area contributed by atoms with Crippen molar-refractivity contribution < 1.29 is 4.74 Å². The molecule has 1 rings (SSSR count). The first-order valence-corrected chi connectivity index (χ1v) is 3.28. The molecule has 0 N–H and O–H groups in total. The molecule has 13 heavy (non-hydrogen) atoms. The Labute approximate surface area is 74.3 Å². The summed E-state index contributed by atoms with van der Waals surface area (Å²) in [5.74, 6) is 0.364. The zero-order chi connectivity index (χ0) is 9.68. The van der Waals surface area contributed by atoms with E-state index in [-0.39, 0.29) is 5.57 Å². The predicted molar refractivity (Wildman–Crippen MR) is 42.1 cm³/mol. The Morgan fingerprint density at radius 2 is 2.31 bits per heavy atom. The molecule has 64 valence electrons. The molecule has 0 saturated carbocycles. The van der Waals surface area contributed by atoms with E-state index in [1.165, 1.54) is 24.2 Å². The van der Waals surface area contributed by atoms with E-state index in [1.54, 1.807) is 12.1 Å². The SMILES string of the molecule is COc1cnnn1C=C(C#N)C#N. The smallest absolute Gasteiger partial charge is 0.236 e. The van der Waals surface area contributed by atoms with E-state index in [1.807, 2.05) is 0 Å². The molecule has 1 aromatic rings. The van der Waals surface area contributed by atoms with Gasteiger partial charge in [0.15, 0.2) is 0 Å². The summed E-state index contributed by atoms with van der Waals surface area (Å²) in [6.45, 7) is 0. The fourth-order valence-corrected chi connectivity index (χ4v) is 0.675. The first-order valence-electron chi connectivity index (χ1n) is 3.28. The van der Waals surface area contributed by atoms with Crippen molar-refractivity contribution >= 4 is 6.20 Å². The molecule has 0 bridgehead atoms.